The molecule has 0 atom stereocenters. The van der Waals surface area contributed by atoms with Gasteiger partial charge in [0, 0.05) is 0 Å². The van der Waals surface area contributed by atoms with Crippen LogP contribution in [0.2, 0.25) is 4.34 Å². The SMILES string of the molecule is Cc1cc(S(=O)(=O)Nc2cccc(C(=O)O)c2C)sc1Cl. The Hall–Kier alpha value is -1.57. The molecule has 0 radical (unpaired) electrons. The Morgan fingerprint density at radius 3 is 2.52 bits per heavy atom. The van der Waals surface area contributed by atoms with E-state index < -0.39 is 16.0 Å². The van der Waals surface area contributed by atoms with Crippen molar-refractivity contribution >= 4 is 44.6 Å². The zero-order chi connectivity index (χ0) is 15.8. The van der Waals surface area contributed by atoms with Crippen LogP contribution in [0.3, 0.4) is 0 Å². The van der Waals surface area contributed by atoms with Gasteiger partial charge in [0.25, 0.3) is 10.0 Å². The van der Waals surface area contributed by atoms with E-state index >= 15 is 0 Å². The number of hydrogen-bond donors (Lipinski definition) is 2. The second-order valence-electron chi connectivity index (χ2n) is 4.41. The summed E-state index contributed by atoms with van der Waals surface area (Å²) in [5.41, 5.74) is 1.32. The maximum atomic E-state index is 12.3. The molecule has 0 amide bonds. The summed E-state index contributed by atoms with van der Waals surface area (Å²) >= 11 is 6.84. The number of anilines is 1. The van der Waals surface area contributed by atoms with Crippen LogP contribution in [-0.4, -0.2) is 19.5 Å². The number of thiophene rings is 1. The summed E-state index contributed by atoms with van der Waals surface area (Å²) < 4.78 is 27.5. The Bertz CT molecular complexity index is 792. The lowest BCUT2D eigenvalue weighted by atomic mass is 10.1. The van der Waals surface area contributed by atoms with Gasteiger partial charge in [0.2, 0.25) is 0 Å². The zero-order valence-corrected chi connectivity index (χ0v) is 13.6. The molecule has 2 rings (SSSR count). The van der Waals surface area contributed by atoms with Gasteiger partial charge in [0.15, 0.2) is 0 Å². The molecular weight excluding hydrogens is 334 g/mol. The number of benzene rings is 1. The molecule has 0 unspecified atom stereocenters. The quantitative estimate of drug-likeness (QED) is 0.888. The molecule has 1 aromatic carbocycles. The van der Waals surface area contributed by atoms with E-state index in [1.807, 2.05) is 0 Å². The molecule has 112 valence electrons. The molecule has 21 heavy (non-hydrogen) atoms. The fourth-order valence-electron chi connectivity index (χ4n) is 1.74. The van der Waals surface area contributed by atoms with Gasteiger partial charge in [-0.25, -0.2) is 13.2 Å². The van der Waals surface area contributed by atoms with Gasteiger partial charge in [0.05, 0.1) is 15.6 Å². The first-order chi connectivity index (χ1) is 9.72. The van der Waals surface area contributed by atoms with E-state index in [2.05, 4.69) is 4.72 Å². The van der Waals surface area contributed by atoms with Gasteiger partial charge in [0.1, 0.15) is 4.21 Å². The van der Waals surface area contributed by atoms with E-state index in [0.29, 0.717) is 15.5 Å². The Kier molecular flexibility index (Phi) is 4.27. The predicted octanol–water partition coefficient (Wildman–Crippen LogP) is 3.52. The van der Waals surface area contributed by atoms with E-state index in [1.165, 1.54) is 24.3 Å². The van der Waals surface area contributed by atoms with Gasteiger partial charge in [-0.3, -0.25) is 4.72 Å². The molecule has 0 spiro atoms. The van der Waals surface area contributed by atoms with E-state index in [4.69, 9.17) is 16.7 Å². The third-order valence-corrected chi connectivity index (χ3v) is 6.30. The first-order valence-corrected chi connectivity index (χ1v) is 8.52. The summed E-state index contributed by atoms with van der Waals surface area (Å²) in [7, 11) is -3.79. The summed E-state index contributed by atoms with van der Waals surface area (Å²) in [5, 5.41) is 9.05. The van der Waals surface area contributed by atoms with E-state index in [0.717, 1.165) is 11.3 Å². The van der Waals surface area contributed by atoms with Crippen LogP contribution >= 0.6 is 22.9 Å². The standard InChI is InChI=1S/C13H12ClNO4S2/c1-7-6-11(20-12(7)14)21(18,19)15-10-5-3-4-9(8(10)2)13(16)17/h3-6,15H,1-2H3,(H,16,17). The fourth-order valence-corrected chi connectivity index (χ4v) is 4.57. The molecule has 0 aliphatic rings. The van der Waals surface area contributed by atoms with E-state index in [9.17, 15) is 13.2 Å². The largest absolute Gasteiger partial charge is 0.478 e. The number of carboxylic acid groups (broad SMARTS) is 1. The lowest BCUT2D eigenvalue weighted by molar-refractivity contribution is 0.0696. The maximum Gasteiger partial charge on any atom is 0.336 e. The highest BCUT2D eigenvalue weighted by Crippen LogP contribution is 2.32. The molecule has 0 aliphatic heterocycles. The van der Waals surface area contributed by atoms with Crippen LogP contribution in [0.5, 0.6) is 0 Å². The van der Waals surface area contributed by atoms with E-state index in [-0.39, 0.29) is 15.5 Å². The van der Waals surface area contributed by atoms with Crippen molar-refractivity contribution in [2.24, 2.45) is 0 Å². The van der Waals surface area contributed by atoms with Crippen LogP contribution in [0, 0.1) is 13.8 Å². The van der Waals surface area contributed by atoms with E-state index in [1.54, 1.807) is 13.8 Å². The number of aryl methyl sites for hydroxylation is 1. The normalized spacial score (nSPS) is 11.4. The van der Waals surface area contributed by atoms with Crippen molar-refractivity contribution in [1.29, 1.82) is 0 Å². The Balaban J connectivity index is 2.42. The summed E-state index contributed by atoms with van der Waals surface area (Å²) in [5.74, 6) is -1.11. The Morgan fingerprint density at radius 2 is 2.00 bits per heavy atom. The van der Waals surface area contributed by atoms with Crippen molar-refractivity contribution in [3.05, 3.63) is 45.3 Å². The molecule has 1 heterocycles. The minimum Gasteiger partial charge on any atom is -0.478 e. The number of sulfonamides is 1. The third kappa shape index (κ3) is 3.20. The average molecular weight is 346 g/mol. The molecule has 2 aromatic rings. The Labute approximate surface area is 131 Å². The second kappa shape index (κ2) is 5.67. The molecule has 5 nitrogen and oxygen atoms in total. The number of carbonyl (C=O) groups is 1. The highest BCUT2D eigenvalue weighted by atomic mass is 35.5. The van der Waals surface area contributed by atoms with Crippen molar-refractivity contribution in [1.82, 2.24) is 0 Å². The number of aromatic carboxylic acids is 1. The van der Waals surface area contributed by atoms with Crippen LogP contribution in [0.1, 0.15) is 21.5 Å². The van der Waals surface area contributed by atoms with Gasteiger partial charge >= 0.3 is 5.97 Å². The van der Waals surface area contributed by atoms with Crippen LogP contribution in [0.15, 0.2) is 28.5 Å². The highest BCUT2D eigenvalue weighted by molar-refractivity contribution is 7.94. The fraction of sp³-hybridized carbons (Fsp3) is 0.154. The van der Waals surface area contributed by atoms with Gasteiger partial charge in [-0.15, -0.1) is 11.3 Å². The minimum atomic E-state index is -3.79. The van der Waals surface area contributed by atoms with Gasteiger partial charge in [-0.2, -0.15) is 0 Å². The summed E-state index contributed by atoms with van der Waals surface area (Å²) in [6.07, 6.45) is 0. The monoisotopic (exact) mass is 345 g/mol. The molecule has 8 heteroatoms. The van der Waals surface area contributed by atoms with Crippen LogP contribution in [-0.2, 0) is 10.0 Å². The lowest BCUT2D eigenvalue weighted by Crippen LogP contribution is -2.13. The summed E-state index contributed by atoms with van der Waals surface area (Å²) in [6.45, 7) is 3.27. The molecule has 0 bridgehead atoms. The molecule has 0 saturated heterocycles. The topological polar surface area (TPSA) is 83.5 Å². The predicted molar refractivity (Wildman–Crippen MR) is 83.0 cm³/mol. The molecule has 0 saturated carbocycles. The van der Waals surface area contributed by atoms with Crippen molar-refractivity contribution < 1.29 is 18.3 Å². The maximum absolute atomic E-state index is 12.3. The highest BCUT2D eigenvalue weighted by Gasteiger charge is 2.20. The number of carboxylic acids is 1. The zero-order valence-electron chi connectivity index (χ0n) is 11.2. The van der Waals surface area contributed by atoms with Gasteiger partial charge < -0.3 is 5.11 Å². The Morgan fingerprint density at radius 1 is 1.33 bits per heavy atom. The summed E-state index contributed by atoms with van der Waals surface area (Å²) in [4.78, 5) is 11.1. The van der Waals surface area contributed by atoms with Crippen LogP contribution in [0.4, 0.5) is 5.69 Å². The van der Waals surface area contributed by atoms with Gasteiger partial charge in [-0.05, 0) is 43.2 Å². The molecule has 2 N–H and O–H groups in total. The number of rotatable bonds is 4. The van der Waals surface area contributed by atoms with Crippen molar-refractivity contribution in [3.8, 4) is 0 Å². The first-order valence-electron chi connectivity index (χ1n) is 5.84. The molecule has 1 aromatic heterocycles. The van der Waals surface area contributed by atoms with Crippen molar-refractivity contribution in [3.63, 3.8) is 0 Å². The average Bonchev–Trinajstić information content (AvgIpc) is 2.72. The number of nitrogens with one attached hydrogen (secondary N) is 1. The third-order valence-electron chi connectivity index (χ3n) is 2.91. The molecular formula is C13H12ClNO4S2. The number of halogens is 1. The smallest absolute Gasteiger partial charge is 0.336 e. The summed E-state index contributed by atoms with van der Waals surface area (Å²) in [6, 6.07) is 5.90. The first kappa shape index (κ1) is 15.8. The molecule has 0 fully saturated rings. The van der Waals surface area contributed by atoms with Gasteiger partial charge in [-0.1, -0.05) is 17.7 Å². The van der Waals surface area contributed by atoms with Crippen LogP contribution < -0.4 is 4.72 Å². The second-order valence-corrected chi connectivity index (χ2v) is 7.97. The molecule has 0 aliphatic carbocycles. The van der Waals surface area contributed by atoms with Crippen LogP contribution in [0.25, 0.3) is 0 Å². The van der Waals surface area contributed by atoms with Crippen molar-refractivity contribution in [2.75, 3.05) is 4.72 Å². The number of hydrogen-bond acceptors (Lipinski definition) is 4. The van der Waals surface area contributed by atoms with Crippen molar-refractivity contribution in [2.45, 2.75) is 18.1 Å². The minimum absolute atomic E-state index is 0.0515. The lowest BCUT2D eigenvalue weighted by Gasteiger charge is -2.11.